The van der Waals surface area contributed by atoms with E-state index in [9.17, 15) is 14.0 Å². The summed E-state index contributed by atoms with van der Waals surface area (Å²) in [5, 5.41) is 2.54. The van der Waals surface area contributed by atoms with Gasteiger partial charge in [-0.3, -0.25) is 4.79 Å². The topological polar surface area (TPSA) is 73.9 Å². The summed E-state index contributed by atoms with van der Waals surface area (Å²) in [5.41, 5.74) is 1.11. The van der Waals surface area contributed by atoms with Crippen molar-refractivity contribution in [2.75, 3.05) is 19.5 Å². The van der Waals surface area contributed by atoms with Crippen molar-refractivity contribution in [3.05, 3.63) is 59.9 Å². The van der Waals surface area contributed by atoms with Gasteiger partial charge in [0.05, 0.1) is 14.2 Å². The van der Waals surface area contributed by atoms with E-state index in [-0.39, 0.29) is 0 Å². The van der Waals surface area contributed by atoms with Crippen LogP contribution >= 0.6 is 0 Å². The highest BCUT2D eigenvalue weighted by molar-refractivity contribution is 5.96. The minimum absolute atomic E-state index is 0.408. The number of nitrogens with one attached hydrogen (secondary N) is 1. The summed E-state index contributed by atoms with van der Waals surface area (Å²) in [7, 11) is 3.05. The lowest BCUT2D eigenvalue weighted by Crippen LogP contribution is -2.29. The quantitative estimate of drug-likeness (QED) is 0.595. The monoisotopic (exact) mass is 373 g/mol. The Morgan fingerprint density at radius 2 is 1.70 bits per heavy atom. The summed E-state index contributed by atoms with van der Waals surface area (Å²) in [5.74, 6) is -0.503. The van der Waals surface area contributed by atoms with Crippen molar-refractivity contribution in [1.29, 1.82) is 0 Å². The molecule has 0 heterocycles. The smallest absolute Gasteiger partial charge is 0.331 e. The van der Waals surface area contributed by atoms with Gasteiger partial charge in [-0.25, -0.2) is 9.18 Å². The van der Waals surface area contributed by atoms with Crippen molar-refractivity contribution in [3.63, 3.8) is 0 Å². The molecule has 2 rings (SSSR count). The van der Waals surface area contributed by atoms with Crippen molar-refractivity contribution in [2.45, 2.75) is 13.0 Å². The molecule has 0 saturated heterocycles. The van der Waals surface area contributed by atoms with Crippen LogP contribution in [0.1, 0.15) is 12.5 Å². The number of rotatable bonds is 7. The molecular formula is C20H20FNO5. The zero-order valence-corrected chi connectivity index (χ0v) is 15.2. The lowest BCUT2D eigenvalue weighted by atomic mass is 10.2. The molecule has 142 valence electrons. The van der Waals surface area contributed by atoms with Gasteiger partial charge < -0.3 is 19.5 Å². The molecule has 1 atom stereocenters. The first-order chi connectivity index (χ1) is 12.9. The number of carbonyl (C=O) groups is 2. The Balaban J connectivity index is 1.93. The predicted molar refractivity (Wildman–Crippen MR) is 99.2 cm³/mol. The molecule has 7 heteroatoms. The Kier molecular flexibility index (Phi) is 6.93. The SMILES string of the molecule is COc1ccc(/C=C/C(=O)OC(C)C(=O)Nc2ccc(F)cc2)cc1OC. The van der Waals surface area contributed by atoms with Crippen LogP contribution in [0.4, 0.5) is 10.1 Å². The normalized spacial score (nSPS) is 11.7. The number of hydrogen-bond donors (Lipinski definition) is 1. The lowest BCUT2D eigenvalue weighted by molar-refractivity contribution is -0.148. The molecule has 0 spiro atoms. The van der Waals surface area contributed by atoms with E-state index in [0.29, 0.717) is 22.7 Å². The molecule has 6 nitrogen and oxygen atoms in total. The highest BCUT2D eigenvalue weighted by Gasteiger charge is 2.16. The van der Waals surface area contributed by atoms with Crippen molar-refractivity contribution in [2.24, 2.45) is 0 Å². The fourth-order valence-electron chi connectivity index (χ4n) is 2.16. The van der Waals surface area contributed by atoms with Gasteiger partial charge in [-0.1, -0.05) is 6.07 Å². The maximum Gasteiger partial charge on any atom is 0.331 e. The van der Waals surface area contributed by atoms with Gasteiger partial charge in [0.15, 0.2) is 17.6 Å². The fourth-order valence-corrected chi connectivity index (χ4v) is 2.16. The van der Waals surface area contributed by atoms with Gasteiger partial charge >= 0.3 is 5.97 Å². The minimum Gasteiger partial charge on any atom is -0.493 e. The van der Waals surface area contributed by atoms with Gasteiger partial charge in [-0.2, -0.15) is 0 Å². The number of hydrogen-bond acceptors (Lipinski definition) is 5. The average molecular weight is 373 g/mol. The van der Waals surface area contributed by atoms with Crippen molar-refractivity contribution in [1.82, 2.24) is 0 Å². The highest BCUT2D eigenvalue weighted by Crippen LogP contribution is 2.27. The van der Waals surface area contributed by atoms with Gasteiger partial charge in [0.2, 0.25) is 0 Å². The zero-order valence-electron chi connectivity index (χ0n) is 15.2. The van der Waals surface area contributed by atoms with Gasteiger partial charge in [-0.05, 0) is 55.0 Å². The standard InChI is InChI=1S/C20H20FNO5/c1-13(20(24)22-16-8-6-15(21)7-9-16)27-19(23)11-5-14-4-10-17(25-2)18(12-14)26-3/h4-13H,1-3H3,(H,22,24)/b11-5+. The molecule has 1 N–H and O–H groups in total. The van der Waals surface area contributed by atoms with Crippen LogP contribution in [-0.4, -0.2) is 32.2 Å². The molecule has 1 amide bonds. The minimum atomic E-state index is -1.02. The van der Waals surface area contributed by atoms with Crippen LogP contribution < -0.4 is 14.8 Å². The van der Waals surface area contributed by atoms with Crippen molar-refractivity contribution < 1.29 is 28.2 Å². The Morgan fingerprint density at radius 3 is 2.33 bits per heavy atom. The van der Waals surface area contributed by atoms with Crippen molar-refractivity contribution in [3.8, 4) is 11.5 Å². The Bertz CT molecular complexity index is 833. The maximum atomic E-state index is 12.9. The third-order valence-electron chi connectivity index (χ3n) is 3.59. The molecular weight excluding hydrogens is 353 g/mol. The van der Waals surface area contributed by atoms with Crippen molar-refractivity contribution >= 4 is 23.6 Å². The van der Waals surface area contributed by atoms with Crippen LogP contribution in [0.3, 0.4) is 0 Å². The zero-order chi connectivity index (χ0) is 19.8. The molecule has 2 aromatic carbocycles. The molecule has 0 aliphatic carbocycles. The predicted octanol–water partition coefficient (Wildman–Crippen LogP) is 3.43. The Morgan fingerprint density at radius 1 is 1.04 bits per heavy atom. The van der Waals surface area contributed by atoms with Crippen LogP contribution in [0.5, 0.6) is 11.5 Å². The second-order valence-electron chi connectivity index (χ2n) is 5.52. The summed E-state index contributed by atoms with van der Waals surface area (Å²) in [6.07, 6.45) is 1.73. The van der Waals surface area contributed by atoms with E-state index < -0.39 is 23.8 Å². The average Bonchev–Trinajstić information content (AvgIpc) is 2.67. The molecule has 0 aromatic heterocycles. The Labute approximate surface area is 156 Å². The fraction of sp³-hybridized carbons (Fsp3) is 0.200. The maximum absolute atomic E-state index is 12.9. The molecule has 0 fully saturated rings. The van der Waals surface area contributed by atoms with E-state index in [1.165, 1.54) is 57.6 Å². The number of benzene rings is 2. The van der Waals surface area contributed by atoms with Crippen LogP contribution in [0.25, 0.3) is 6.08 Å². The van der Waals surface area contributed by atoms with Crippen LogP contribution in [0.15, 0.2) is 48.5 Å². The number of amides is 1. The lowest BCUT2D eigenvalue weighted by Gasteiger charge is -2.12. The first kappa shape index (κ1) is 20.0. The van der Waals surface area contributed by atoms with E-state index >= 15 is 0 Å². The van der Waals surface area contributed by atoms with E-state index in [1.807, 2.05) is 0 Å². The van der Waals surface area contributed by atoms with E-state index in [1.54, 1.807) is 18.2 Å². The number of carbonyl (C=O) groups excluding carboxylic acids is 2. The number of halogens is 1. The summed E-state index contributed by atoms with van der Waals surface area (Å²) >= 11 is 0. The third-order valence-corrected chi connectivity index (χ3v) is 3.59. The third kappa shape index (κ3) is 5.85. The molecule has 0 saturated carbocycles. The molecule has 0 radical (unpaired) electrons. The van der Waals surface area contributed by atoms with E-state index in [2.05, 4.69) is 5.32 Å². The summed E-state index contributed by atoms with van der Waals surface area (Å²) in [4.78, 5) is 23.9. The number of ether oxygens (including phenoxy) is 3. The highest BCUT2D eigenvalue weighted by atomic mass is 19.1. The molecule has 0 bridgehead atoms. The van der Waals surface area contributed by atoms with Gasteiger partial charge in [-0.15, -0.1) is 0 Å². The molecule has 27 heavy (non-hydrogen) atoms. The molecule has 2 aromatic rings. The number of esters is 1. The van der Waals surface area contributed by atoms with E-state index in [0.717, 1.165) is 0 Å². The van der Waals surface area contributed by atoms with Crippen LogP contribution in [0, 0.1) is 5.82 Å². The van der Waals surface area contributed by atoms with Crippen LogP contribution in [0.2, 0.25) is 0 Å². The largest absolute Gasteiger partial charge is 0.493 e. The van der Waals surface area contributed by atoms with Gasteiger partial charge in [0.25, 0.3) is 5.91 Å². The number of methoxy groups -OCH3 is 2. The van der Waals surface area contributed by atoms with E-state index in [4.69, 9.17) is 14.2 Å². The first-order valence-electron chi connectivity index (χ1n) is 8.10. The second kappa shape index (κ2) is 9.38. The van der Waals surface area contributed by atoms with Crippen LogP contribution in [-0.2, 0) is 14.3 Å². The number of anilines is 1. The summed E-state index contributed by atoms with van der Waals surface area (Å²) in [6, 6.07) is 10.4. The molecule has 0 aliphatic rings. The Hall–Kier alpha value is -3.35. The molecule has 0 aliphatic heterocycles. The van der Waals surface area contributed by atoms with Gasteiger partial charge in [0, 0.05) is 11.8 Å². The summed E-state index contributed by atoms with van der Waals surface area (Å²) in [6.45, 7) is 1.45. The summed E-state index contributed by atoms with van der Waals surface area (Å²) < 4.78 is 28.3. The van der Waals surface area contributed by atoms with Gasteiger partial charge in [0.1, 0.15) is 5.82 Å². The first-order valence-corrected chi connectivity index (χ1v) is 8.10. The molecule has 1 unspecified atom stereocenters. The second-order valence-corrected chi connectivity index (χ2v) is 5.52.